The Kier molecular flexibility index (Phi) is 1.17. The zero-order valence-electron chi connectivity index (χ0n) is 5.46. The van der Waals surface area contributed by atoms with Gasteiger partial charge in [-0.15, -0.1) is 11.3 Å². The van der Waals surface area contributed by atoms with E-state index < -0.39 is 0 Å². The molecule has 0 unspecified atom stereocenters. The largest absolute Gasteiger partial charge is 0.492 e. The maximum absolute atomic E-state index is 5.17. The average molecular weight is 154 g/mol. The third kappa shape index (κ3) is 0.640. The highest BCUT2D eigenvalue weighted by Gasteiger charge is 2.04. The summed E-state index contributed by atoms with van der Waals surface area (Å²) in [7, 11) is 1.64. The highest BCUT2D eigenvalue weighted by molar-refractivity contribution is 7.17. The number of thiophene rings is 1. The van der Waals surface area contributed by atoms with Gasteiger partial charge in [0.25, 0.3) is 0 Å². The van der Waals surface area contributed by atoms with Gasteiger partial charge in [0.05, 0.1) is 7.11 Å². The van der Waals surface area contributed by atoms with Gasteiger partial charge in [0, 0.05) is 0 Å². The Morgan fingerprint density at radius 3 is 3.30 bits per heavy atom. The van der Waals surface area contributed by atoms with Crippen molar-refractivity contribution in [3.8, 4) is 5.75 Å². The zero-order valence-corrected chi connectivity index (χ0v) is 6.27. The fourth-order valence-corrected chi connectivity index (χ4v) is 1.69. The minimum Gasteiger partial charge on any atom is -0.492 e. The fraction of sp³-hybridized carbons (Fsp3) is 0.143. The van der Waals surface area contributed by atoms with E-state index in [1.54, 1.807) is 24.7 Å². The van der Waals surface area contributed by atoms with Crippen LogP contribution in [-0.4, -0.2) is 7.11 Å². The Morgan fingerprint density at radius 2 is 2.50 bits per heavy atom. The van der Waals surface area contributed by atoms with Gasteiger partial charge < -0.3 is 9.15 Å². The molecule has 0 bridgehead atoms. The van der Waals surface area contributed by atoms with Gasteiger partial charge >= 0.3 is 0 Å². The van der Waals surface area contributed by atoms with E-state index in [-0.39, 0.29) is 0 Å². The standard InChI is InChI=1S/C7H6O2S/c1-8-6-4-9-5-2-3-10-7(5)6/h2-4H,1H3. The van der Waals surface area contributed by atoms with Crippen molar-refractivity contribution in [3.63, 3.8) is 0 Å². The molecule has 2 heterocycles. The molecule has 0 amide bonds. The third-order valence-electron chi connectivity index (χ3n) is 1.37. The van der Waals surface area contributed by atoms with Crippen molar-refractivity contribution in [3.05, 3.63) is 17.7 Å². The summed E-state index contributed by atoms with van der Waals surface area (Å²) in [6.07, 6.45) is 1.63. The Morgan fingerprint density at radius 1 is 1.60 bits per heavy atom. The van der Waals surface area contributed by atoms with E-state index in [0.29, 0.717) is 0 Å². The van der Waals surface area contributed by atoms with Gasteiger partial charge in [-0.25, -0.2) is 0 Å². The van der Waals surface area contributed by atoms with E-state index in [2.05, 4.69) is 0 Å². The molecule has 0 aliphatic rings. The Bertz CT molecular complexity index is 334. The van der Waals surface area contributed by atoms with Crippen LogP contribution in [0, 0.1) is 0 Å². The maximum Gasteiger partial charge on any atom is 0.174 e. The first-order chi connectivity index (χ1) is 4.92. The first kappa shape index (κ1) is 5.80. The van der Waals surface area contributed by atoms with Crippen LogP contribution in [0.4, 0.5) is 0 Å². The van der Waals surface area contributed by atoms with Crippen LogP contribution in [-0.2, 0) is 0 Å². The van der Waals surface area contributed by atoms with E-state index in [9.17, 15) is 0 Å². The predicted molar refractivity (Wildman–Crippen MR) is 40.6 cm³/mol. The summed E-state index contributed by atoms with van der Waals surface area (Å²) < 4.78 is 11.3. The quantitative estimate of drug-likeness (QED) is 0.629. The highest BCUT2D eigenvalue weighted by Crippen LogP contribution is 2.31. The molecule has 2 aromatic heterocycles. The van der Waals surface area contributed by atoms with Crippen molar-refractivity contribution in [2.45, 2.75) is 0 Å². The molecule has 52 valence electrons. The average Bonchev–Trinajstić information content (AvgIpc) is 2.44. The normalized spacial score (nSPS) is 10.5. The molecule has 2 nitrogen and oxygen atoms in total. The summed E-state index contributed by atoms with van der Waals surface area (Å²) >= 11 is 1.63. The Balaban J connectivity index is 2.76. The minimum absolute atomic E-state index is 0.824. The SMILES string of the molecule is COc1coc2ccsc12. The first-order valence-electron chi connectivity index (χ1n) is 2.90. The van der Waals surface area contributed by atoms with E-state index >= 15 is 0 Å². The van der Waals surface area contributed by atoms with Gasteiger partial charge in [-0.2, -0.15) is 0 Å². The van der Waals surface area contributed by atoms with Crippen molar-refractivity contribution >= 4 is 21.6 Å². The zero-order chi connectivity index (χ0) is 6.97. The van der Waals surface area contributed by atoms with Crippen LogP contribution in [0.1, 0.15) is 0 Å². The van der Waals surface area contributed by atoms with Crippen LogP contribution < -0.4 is 4.74 Å². The monoisotopic (exact) mass is 154 g/mol. The lowest BCUT2D eigenvalue weighted by Crippen LogP contribution is -1.75. The summed E-state index contributed by atoms with van der Waals surface area (Å²) in [6.45, 7) is 0. The van der Waals surface area contributed by atoms with Crippen LogP contribution in [0.5, 0.6) is 5.75 Å². The molecule has 0 radical (unpaired) electrons. The number of fused-ring (bicyclic) bond motifs is 1. The smallest absolute Gasteiger partial charge is 0.174 e. The van der Waals surface area contributed by atoms with Gasteiger partial charge in [-0.3, -0.25) is 0 Å². The second-order valence-corrected chi connectivity index (χ2v) is 2.83. The van der Waals surface area contributed by atoms with Crippen LogP contribution in [0.25, 0.3) is 10.3 Å². The summed E-state index contributed by atoms with van der Waals surface area (Å²) in [6, 6.07) is 1.93. The lowest BCUT2D eigenvalue weighted by molar-refractivity contribution is 0.410. The molecule has 2 rings (SSSR count). The lowest BCUT2D eigenvalue weighted by Gasteiger charge is -1.88. The minimum atomic E-state index is 0.824. The number of hydrogen-bond donors (Lipinski definition) is 0. The number of furan rings is 1. The van der Waals surface area contributed by atoms with Crippen molar-refractivity contribution in [1.82, 2.24) is 0 Å². The van der Waals surface area contributed by atoms with E-state index in [1.807, 2.05) is 11.4 Å². The predicted octanol–water partition coefficient (Wildman–Crippen LogP) is 2.50. The molecule has 3 heteroatoms. The number of rotatable bonds is 1. The highest BCUT2D eigenvalue weighted by atomic mass is 32.1. The molecule has 0 atom stereocenters. The molecule has 0 aromatic carbocycles. The molecule has 0 aliphatic heterocycles. The summed E-state index contributed by atoms with van der Waals surface area (Å²) in [5.74, 6) is 0.824. The fourth-order valence-electron chi connectivity index (χ4n) is 0.881. The molecule has 0 fully saturated rings. The van der Waals surface area contributed by atoms with Crippen molar-refractivity contribution in [2.75, 3.05) is 7.11 Å². The lowest BCUT2D eigenvalue weighted by atomic mass is 10.5. The van der Waals surface area contributed by atoms with Gasteiger partial charge in [0.1, 0.15) is 16.5 Å². The summed E-state index contributed by atoms with van der Waals surface area (Å²) in [4.78, 5) is 0. The van der Waals surface area contributed by atoms with E-state index in [4.69, 9.17) is 9.15 Å². The topological polar surface area (TPSA) is 22.4 Å². The van der Waals surface area contributed by atoms with Crippen molar-refractivity contribution in [1.29, 1.82) is 0 Å². The van der Waals surface area contributed by atoms with Crippen LogP contribution >= 0.6 is 11.3 Å². The molecular weight excluding hydrogens is 148 g/mol. The van der Waals surface area contributed by atoms with Crippen LogP contribution in [0.15, 0.2) is 22.1 Å². The summed E-state index contributed by atoms with van der Waals surface area (Å²) in [5, 5.41) is 1.98. The second-order valence-electron chi connectivity index (χ2n) is 1.92. The summed E-state index contributed by atoms with van der Waals surface area (Å²) in [5.41, 5.74) is 0.904. The molecule has 10 heavy (non-hydrogen) atoms. The van der Waals surface area contributed by atoms with Crippen molar-refractivity contribution in [2.24, 2.45) is 0 Å². The van der Waals surface area contributed by atoms with Crippen molar-refractivity contribution < 1.29 is 9.15 Å². The molecular formula is C7H6O2S. The Labute approximate surface area is 62.0 Å². The first-order valence-corrected chi connectivity index (χ1v) is 3.78. The number of hydrogen-bond acceptors (Lipinski definition) is 3. The molecule has 0 spiro atoms. The van der Waals surface area contributed by atoms with Gasteiger partial charge in [0.15, 0.2) is 5.75 Å². The second kappa shape index (κ2) is 2.02. The van der Waals surface area contributed by atoms with E-state index in [1.165, 1.54) is 0 Å². The molecule has 0 aliphatic carbocycles. The Hall–Kier alpha value is -0.960. The third-order valence-corrected chi connectivity index (χ3v) is 2.28. The molecule has 0 saturated heterocycles. The van der Waals surface area contributed by atoms with E-state index in [0.717, 1.165) is 16.0 Å². The van der Waals surface area contributed by atoms with Gasteiger partial charge in [-0.05, 0) is 11.4 Å². The number of ether oxygens (including phenoxy) is 1. The van der Waals surface area contributed by atoms with Crippen LogP contribution in [0.3, 0.4) is 0 Å². The number of methoxy groups -OCH3 is 1. The maximum atomic E-state index is 5.17. The van der Waals surface area contributed by atoms with Crippen LogP contribution in [0.2, 0.25) is 0 Å². The van der Waals surface area contributed by atoms with Gasteiger partial charge in [0.2, 0.25) is 0 Å². The molecule has 0 saturated carbocycles. The molecule has 2 aromatic rings. The molecule has 0 N–H and O–H groups in total. The van der Waals surface area contributed by atoms with Gasteiger partial charge in [-0.1, -0.05) is 0 Å².